The van der Waals surface area contributed by atoms with Crippen LogP contribution in [0, 0.1) is 17.9 Å². The molecule has 12 heteroatoms. The van der Waals surface area contributed by atoms with Crippen LogP contribution >= 0.6 is 0 Å². The van der Waals surface area contributed by atoms with Gasteiger partial charge in [-0.15, -0.1) is 0 Å². The van der Waals surface area contributed by atoms with Gasteiger partial charge in [-0.25, -0.2) is 19.8 Å². The number of nitriles is 1. The highest BCUT2D eigenvalue weighted by Crippen LogP contribution is 2.50. The van der Waals surface area contributed by atoms with E-state index in [0.717, 1.165) is 12.1 Å². The monoisotopic (exact) mass is 964 g/mol. The fraction of sp³-hybridized carbons (Fsp3) is 0.0328. The van der Waals surface area contributed by atoms with Gasteiger partial charge in [0.15, 0.2) is 23.2 Å². The number of hydrogen-bond acceptors (Lipinski definition) is 4. The summed E-state index contributed by atoms with van der Waals surface area (Å²) in [4.78, 5) is 18.3. The standard InChI is InChI=1S/C61H34F6N6/c1-69-53-27-15-12-22-44(53)40-29-31-55-48(33-40)47-32-39(43-21-9-8-20-41(43)36-68)28-30-54(47)73(55)56-49(45-23-10-13-25-51(45)60(62,63)64)34-42(35-50(56)46-24-11-14-26-52(46)61(65,66)67)59-71-57(37-16-4-2-5-17-37)70-58(72-59)38-18-6-3-7-19-38/h2-35H. The minimum absolute atomic E-state index is 0.00173. The summed E-state index contributed by atoms with van der Waals surface area (Å²) in [6.07, 6.45) is -9.84. The zero-order valence-electron chi connectivity index (χ0n) is 38.1. The molecule has 0 aliphatic rings. The number of halogens is 6. The molecule has 2 aromatic heterocycles. The van der Waals surface area contributed by atoms with Crippen LogP contribution in [-0.4, -0.2) is 19.5 Å². The van der Waals surface area contributed by atoms with Crippen molar-refractivity contribution in [3.63, 3.8) is 0 Å². The Morgan fingerprint density at radius 2 is 0.822 bits per heavy atom. The number of fused-ring (bicyclic) bond motifs is 3. The van der Waals surface area contributed by atoms with Crippen LogP contribution in [0.2, 0.25) is 0 Å². The smallest absolute Gasteiger partial charge is 0.308 e. The van der Waals surface area contributed by atoms with E-state index in [2.05, 4.69) is 10.9 Å². The Kier molecular flexibility index (Phi) is 11.5. The molecule has 0 radical (unpaired) electrons. The summed E-state index contributed by atoms with van der Waals surface area (Å²) in [5, 5.41) is 11.3. The maximum Gasteiger partial charge on any atom is 0.417 e. The first kappa shape index (κ1) is 45.8. The molecule has 0 saturated carbocycles. The zero-order chi connectivity index (χ0) is 50.4. The zero-order valence-corrected chi connectivity index (χ0v) is 38.1. The van der Waals surface area contributed by atoms with Crippen molar-refractivity contribution in [2.24, 2.45) is 0 Å². The maximum atomic E-state index is 15.6. The molecule has 2 heterocycles. The third-order valence-corrected chi connectivity index (χ3v) is 12.8. The SMILES string of the molecule is [C-]#[N+]c1ccccc1-c1ccc2c(c1)c1cc(-c3ccccc3C#N)ccc1n2-c1c(-c2ccccc2C(F)(F)F)cc(-c2nc(-c3ccccc3)nc(-c3ccccc3)n2)cc1-c1ccccc1C(F)(F)F. The minimum atomic E-state index is -4.92. The lowest BCUT2D eigenvalue weighted by atomic mass is 9.88. The van der Waals surface area contributed by atoms with E-state index in [0.29, 0.717) is 66.4 Å². The van der Waals surface area contributed by atoms with Gasteiger partial charge in [0.1, 0.15) is 0 Å². The van der Waals surface area contributed by atoms with Gasteiger partial charge in [0.25, 0.3) is 0 Å². The molecule has 11 rings (SSSR count). The van der Waals surface area contributed by atoms with Gasteiger partial charge in [-0.05, 0) is 88.0 Å². The number of hydrogen-bond donors (Lipinski definition) is 0. The van der Waals surface area contributed by atoms with Crippen molar-refractivity contribution >= 4 is 27.5 Å². The van der Waals surface area contributed by atoms with Crippen LogP contribution in [0.15, 0.2) is 206 Å². The molecule has 9 aromatic carbocycles. The van der Waals surface area contributed by atoms with Crippen LogP contribution in [-0.2, 0) is 12.4 Å². The summed E-state index contributed by atoms with van der Waals surface area (Å²) in [5.74, 6) is 0.464. The summed E-state index contributed by atoms with van der Waals surface area (Å²) in [6, 6.07) is 58.3. The summed E-state index contributed by atoms with van der Waals surface area (Å²) in [7, 11) is 0. The molecular formula is C61H34F6N6. The molecule has 0 saturated heterocycles. The van der Waals surface area contributed by atoms with Crippen molar-refractivity contribution in [2.45, 2.75) is 12.4 Å². The summed E-state index contributed by atoms with van der Waals surface area (Å²) < 4.78 is 95.1. The van der Waals surface area contributed by atoms with Crippen LogP contribution in [0.25, 0.3) is 111 Å². The molecule has 0 aliphatic carbocycles. The molecule has 0 atom stereocenters. The fourth-order valence-corrected chi connectivity index (χ4v) is 9.53. The highest BCUT2D eigenvalue weighted by molar-refractivity contribution is 6.13. The topological polar surface area (TPSA) is 71.8 Å². The van der Waals surface area contributed by atoms with Crippen LogP contribution in [0.4, 0.5) is 32.0 Å². The Morgan fingerprint density at radius 3 is 1.30 bits per heavy atom. The predicted octanol–water partition coefficient (Wildman–Crippen LogP) is 17.1. The van der Waals surface area contributed by atoms with Crippen molar-refractivity contribution < 1.29 is 26.3 Å². The van der Waals surface area contributed by atoms with E-state index >= 15 is 26.3 Å². The summed E-state index contributed by atoms with van der Waals surface area (Å²) in [6.45, 7) is 7.95. The van der Waals surface area contributed by atoms with E-state index in [-0.39, 0.29) is 51.0 Å². The Bertz CT molecular complexity index is 3780. The third kappa shape index (κ3) is 8.41. The lowest BCUT2D eigenvalue weighted by molar-refractivity contribution is -0.137. The first-order valence-electron chi connectivity index (χ1n) is 22.8. The second kappa shape index (κ2) is 18.3. The first-order chi connectivity index (χ1) is 35.4. The molecular weight excluding hydrogens is 931 g/mol. The van der Waals surface area contributed by atoms with E-state index in [1.54, 1.807) is 114 Å². The van der Waals surface area contributed by atoms with E-state index in [4.69, 9.17) is 21.5 Å². The molecule has 0 unspecified atom stereocenters. The largest absolute Gasteiger partial charge is 0.417 e. The number of para-hydroxylation sites is 1. The van der Waals surface area contributed by atoms with Gasteiger partial charge < -0.3 is 4.57 Å². The van der Waals surface area contributed by atoms with E-state index in [1.807, 2.05) is 36.4 Å². The van der Waals surface area contributed by atoms with Crippen LogP contribution in [0.5, 0.6) is 0 Å². The van der Waals surface area contributed by atoms with Crippen molar-refractivity contribution in [1.29, 1.82) is 5.26 Å². The Balaban J connectivity index is 1.32. The molecule has 11 aromatic rings. The Labute approximate surface area is 414 Å². The summed E-state index contributed by atoms with van der Waals surface area (Å²) in [5.41, 5.74) is 2.72. The predicted molar refractivity (Wildman–Crippen MR) is 273 cm³/mol. The van der Waals surface area contributed by atoms with Gasteiger partial charge in [0, 0.05) is 38.6 Å². The Hall–Kier alpha value is -9.65. The lowest BCUT2D eigenvalue weighted by Gasteiger charge is -2.24. The highest BCUT2D eigenvalue weighted by Gasteiger charge is 2.37. The van der Waals surface area contributed by atoms with E-state index in [9.17, 15) is 5.26 Å². The number of benzene rings is 9. The molecule has 350 valence electrons. The number of aromatic nitrogens is 4. The second-order valence-corrected chi connectivity index (χ2v) is 17.1. The van der Waals surface area contributed by atoms with Crippen LogP contribution < -0.4 is 0 Å². The number of alkyl halides is 6. The van der Waals surface area contributed by atoms with Crippen molar-refractivity contribution in [3.8, 4) is 90.4 Å². The molecule has 0 spiro atoms. The maximum absolute atomic E-state index is 15.6. The van der Waals surface area contributed by atoms with Gasteiger partial charge in [-0.1, -0.05) is 152 Å². The van der Waals surface area contributed by atoms with E-state index in [1.165, 1.54) is 48.5 Å². The molecule has 0 N–H and O–H groups in total. The van der Waals surface area contributed by atoms with Gasteiger partial charge in [0.2, 0.25) is 0 Å². The molecule has 0 fully saturated rings. The second-order valence-electron chi connectivity index (χ2n) is 17.1. The lowest BCUT2D eigenvalue weighted by Crippen LogP contribution is -2.11. The normalized spacial score (nSPS) is 11.7. The molecule has 6 nitrogen and oxygen atoms in total. The first-order valence-corrected chi connectivity index (χ1v) is 22.8. The third-order valence-electron chi connectivity index (χ3n) is 12.8. The minimum Gasteiger partial charge on any atom is -0.308 e. The van der Waals surface area contributed by atoms with Gasteiger partial charge >= 0.3 is 12.4 Å². The quantitative estimate of drug-likeness (QED) is 0.112. The number of rotatable bonds is 8. The van der Waals surface area contributed by atoms with Crippen molar-refractivity contribution in [2.75, 3.05) is 0 Å². The van der Waals surface area contributed by atoms with E-state index < -0.39 is 23.5 Å². The fourth-order valence-electron chi connectivity index (χ4n) is 9.53. The highest BCUT2D eigenvalue weighted by atomic mass is 19.4. The Morgan fingerprint density at radius 1 is 0.411 bits per heavy atom. The average molecular weight is 965 g/mol. The molecule has 0 aliphatic heterocycles. The van der Waals surface area contributed by atoms with Gasteiger partial charge in [0.05, 0.1) is 46.1 Å². The van der Waals surface area contributed by atoms with Crippen molar-refractivity contribution in [3.05, 3.63) is 234 Å². The van der Waals surface area contributed by atoms with Gasteiger partial charge in [-0.3, -0.25) is 0 Å². The van der Waals surface area contributed by atoms with Gasteiger partial charge in [-0.2, -0.15) is 31.6 Å². The molecule has 0 bridgehead atoms. The number of nitrogens with zero attached hydrogens (tertiary/aromatic N) is 6. The molecule has 0 amide bonds. The molecule has 73 heavy (non-hydrogen) atoms. The summed E-state index contributed by atoms with van der Waals surface area (Å²) >= 11 is 0. The van der Waals surface area contributed by atoms with Crippen LogP contribution in [0.1, 0.15) is 16.7 Å². The van der Waals surface area contributed by atoms with Crippen molar-refractivity contribution in [1.82, 2.24) is 19.5 Å². The van der Waals surface area contributed by atoms with Crippen LogP contribution in [0.3, 0.4) is 0 Å². The average Bonchev–Trinajstić information content (AvgIpc) is 3.75.